The zero-order valence-corrected chi connectivity index (χ0v) is 20.2. The number of likely N-dealkylation sites (N-methyl/N-ethyl adjacent to an activating group) is 1. The summed E-state index contributed by atoms with van der Waals surface area (Å²) >= 11 is 1.69. The molecule has 3 aromatic heterocycles. The van der Waals surface area contributed by atoms with Gasteiger partial charge in [0.1, 0.15) is 22.8 Å². The Labute approximate surface area is 192 Å². The molecule has 0 aliphatic carbocycles. The predicted octanol–water partition coefficient (Wildman–Crippen LogP) is 3.29. The Kier molecular flexibility index (Phi) is 5.92. The van der Waals surface area contributed by atoms with Gasteiger partial charge in [-0.05, 0) is 33.0 Å². The van der Waals surface area contributed by atoms with Crippen LogP contribution in [-0.2, 0) is 22.5 Å². The Bertz CT molecular complexity index is 1130. The Morgan fingerprint density at radius 3 is 2.78 bits per heavy atom. The molecule has 1 saturated heterocycles. The number of pyridine rings is 1. The molecule has 2 aliphatic heterocycles. The van der Waals surface area contributed by atoms with Crippen LogP contribution in [0.15, 0.2) is 6.33 Å². The number of morpholine rings is 1. The first-order valence-electron chi connectivity index (χ1n) is 11.4. The van der Waals surface area contributed by atoms with Crippen molar-refractivity contribution in [3.05, 3.63) is 17.5 Å². The number of rotatable bonds is 6. The van der Waals surface area contributed by atoms with Gasteiger partial charge in [-0.1, -0.05) is 6.92 Å². The number of anilines is 2. The molecular formula is C23H32N6O2S. The second-order valence-corrected chi connectivity index (χ2v) is 10.2. The molecule has 8 nitrogen and oxygen atoms in total. The van der Waals surface area contributed by atoms with E-state index in [0.29, 0.717) is 6.61 Å². The zero-order chi connectivity index (χ0) is 22.3. The maximum atomic E-state index is 6.37. The fourth-order valence-electron chi connectivity index (χ4n) is 4.50. The van der Waals surface area contributed by atoms with Gasteiger partial charge >= 0.3 is 0 Å². The molecule has 5 rings (SSSR count). The molecule has 0 bridgehead atoms. The normalized spacial score (nSPS) is 21.5. The van der Waals surface area contributed by atoms with Crippen LogP contribution in [0, 0.1) is 0 Å². The van der Waals surface area contributed by atoms with E-state index in [0.717, 1.165) is 78.9 Å². The lowest BCUT2D eigenvalue weighted by molar-refractivity contribution is -0.0558. The number of thiophene rings is 1. The van der Waals surface area contributed by atoms with Crippen LogP contribution >= 0.6 is 11.3 Å². The summed E-state index contributed by atoms with van der Waals surface area (Å²) in [6.07, 6.45) is 3.51. The lowest BCUT2D eigenvalue weighted by Gasteiger charge is -2.37. The number of hydrogen-bond donors (Lipinski definition) is 1. The lowest BCUT2D eigenvalue weighted by atomic mass is 9.87. The van der Waals surface area contributed by atoms with Gasteiger partial charge in [0.25, 0.3) is 0 Å². The third-order valence-corrected chi connectivity index (χ3v) is 7.70. The minimum atomic E-state index is -0.169. The number of nitrogens with one attached hydrogen (secondary N) is 1. The Balaban J connectivity index is 1.67. The average Bonchev–Trinajstić information content (AvgIpc) is 3.18. The van der Waals surface area contributed by atoms with Crippen molar-refractivity contribution in [3.63, 3.8) is 0 Å². The van der Waals surface area contributed by atoms with Crippen molar-refractivity contribution in [2.75, 3.05) is 63.7 Å². The third kappa shape index (κ3) is 3.91. The van der Waals surface area contributed by atoms with Crippen molar-refractivity contribution < 1.29 is 9.47 Å². The molecule has 1 atom stereocenters. The molecule has 1 fully saturated rings. The van der Waals surface area contributed by atoms with E-state index in [9.17, 15) is 0 Å². The average molecular weight is 457 g/mol. The van der Waals surface area contributed by atoms with Gasteiger partial charge in [-0.3, -0.25) is 0 Å². The highest BCUT2D eigenvalue weighted by atomic mass is 32.1. The Morgan fingerprint density at radius 1 is 1.22 bits per heavy atom. The number of ether oxygens (including phenoxy) is 2. The summed E-state index contributed by atoms with van der Waals surface area (Å²) in [6.45, 7) is 9.97. The predicted molar refractivity (Wildman–Crippen MR) is 130 cm³/mol. The standard InChI is InChI=1S/C23H32N6O2S/c1-5-23(2)12-15-16(13-31-23)21(29-8-10-30-11-9-29)27-22-17(15)18-19(32-22)20(26-14-25-18)24-6-7-28(3)4/h14H,5-13H2,1-4H3,(H,24,25,26)/t23-/m1/s1. The molecule has 0 saturated carbocycles. The van der Waals surface area contributed by atoms with Crippen LogP contribution in [0.4, 0.5) is 11.6 Å². The molecule has 0 aromatic carbocycles. The summed E-state index contributed by atoms with van der Waals surface area (Å²) in [5.74, 6) is 1.95. The molecule has 0 radical (unpaired) electrons. The molecule has 0 amide bonds. The fraction of sp³-hybridized carbons (Fsp3) is 0.609. The maximum absolute atomic E-state index is 6.37. The van der Waals surface area contributed by atoms with E-state index < -0.39 is 0 Å². The first-order chi connectivity index (χ1) is 15.5. The van der Waals surface area contributed by atoms with Crippen molar-refractivity contribution in [1.82, 2.24) is 19.9 Å². The van der Waals surface area contributed by atoms with E-state index in [-0.39, 0.29) is 5.60 Å². The molecule has 0 unspecified atom stereocenters. The van der Waals surface area contributed by atoms with Crippen LogP contribution in [0.1, 0.15) is 31.4 Å². The second kappa shape index (κ2) is 8.70. The quantitative estimate of drug-likeness (QED) is 0.606. The van der Waals surface area contributed by atoms with Gasteiger partial charge in [0.2, 0.25) is 0 Å². The SMILES string of the molecule is CC[C@]1(C)Cc2c(c(N3CCOCC3)nc3sc4c(NCCN(C)C)ncnc4c23)CO1. The Morgan fingerprint density at radius 2 is 2.03 bits per heavy atom. The topological polar surface area (TPSA) is 75.6 Å². The summed E-state index contributed by atoms with van der Waals surface area (Å²) in [4.78, 5) is 20.0. The highest BCUT2D eigenvalue weighted by molar-refractivity contribution is 7.26. The van der Waals surface area contributed by atoms with E-state index >= 15 is 0 Å². The van der Waals surface area contributed by atoms with E-state index in [4.69, 9.17) is 19.4 Å². The largest absolute Gasteiger partial charge is 0.378 e. The lowest BCUT2D eigenvalue weighted by Crippen LogP contribution is -2.40. The molecule has 172 valence electrons. The molecule has 32 heavy (non-hydrogen) atoms. The molecule has 1 N–H and O–H groups in total. The smallest absolute Gasteiger partial charge is 0.147 e. The van der Waals surface area contributed by atoms with Gasteiger partial charge in [-0.2, -0.15) is 0 Å². The van der Waals surface area contributed by atoms with Crippen molar-refractivity contribution in [2.24, 2.45) is 0 Å². The van der Waals surface area contributed by atoms with Gasteiger partial charge in [0, 0.05) is 43.5 Å². The highest BCUT2D eigenvalue weighted by Crippen LogP contribution is 2.44. The Hall–Kier alpha value is -2.07. The zero-order valence-electron chi connectivity index (χ0n) is 19.4. The summed E-state index contributed by atoms with van der Waals surface area (Å²) in [7, 11) is 4.15. The monoisotopic (exact) mass is 456 g/mol. The van der Waals surface area contributed by atoms with Gasteiger partial charge < -0.3 is 24.6 Å². The van der Waals surface area contributed by atoms with Gasteiger partial charge in [-0.25, -0.2) is 15.0 Å². The molecular weight excluding hydrogens is 424 g/mol. The summed E-state index contributed by atoms with van der Waals surface area (Å²) in [6, 6.07) is 0. The van der Waals surface area contributed by atoms with E-state index in [1.54, 1.807) is 17.7 Å². The van der Waals surface area contributed by atoms with Crippen LogP contribution in [0.2, 0.25) is 0 Å². The van der Waals surface area contributed by atoms with Gasteiger partial charge in [0.15, 0.2) is 0 Å². The fourth-order valence-corrected chi connectivity index (χ4v) is 5.62. The molecule has 3 aromatic rings. The highest BCUT2D eigenvalue weighted by Gasteiger charge is 2.35. The second-order valence-electron chi connectivity index (χ2n) is 9.17. The number of fused-ring (bicyclic) bond motifs is 5. The van der Waals surface area contributed by atoms with Crippen LogP contribution < -0.4 is 10.2 Å². The van der Waals surface area contributed by atoms with Gasteiger partial charge in [-0.15, -0.1) is 11.3 Å². The van der Waals surface area contributed by atoms with E-state index in [1.807, 2.05) is 0 Å². The molecule has 9 heteroatoms. The number of hydrogen-bond acceptors (Lipinski definition) is 9. The van der Waals surface area contributed by atoms with Gasteiger partial charge in [0.05, 0.1) is 35.6 Å². The minimum absolute atomic E-state index is 0.169. The van der Waals surface area contributed by atoms with E-state index in [1.165, 1.54) is 16.5 Å². The molecule has 0 spiro atoms. The number of aromatic nitrogens is 3. The molecule has 5 heterocycles. The van der Waals surface area contributed by atoms with Crippen molar-refractivity contribution in [3.8, 4) is 0 Å². The summed E-state index contributed by atoms with van der Waals surface area (Å²) < 4.78 is 13.0. The van der Waals surface area contributed by atoms with Crippen LogP contribution in [-0.4, -0.2) is 78.9 Å². The van der Waals surface area contributed by atoms with Crippen molar-refractivity contribution >= 4 is 43.4 Å². The summed E-state index contributed by atoms with van der Waals surface area (Å²) in [5, 5.41) is 4.68. The maximum Gasteiger partial charge on any atom is 0.147 e. The first-order valence-corrected chi connectivity index (χ1v) is 12.2. The van der Waals surface area contributed by atoms with Crippen LogP contribution in [0.25, 0.3) is 20.4 Å². The van der Waals surface area contributed by atoms with Crippen molar-refractivity contribution in [1.29, 1.82) is 0 Å². The van der Waals surface area contributed by atoms with Crippen LogP contribution in [0.3, 0.4) is 0 Å². The molecule has 2 aliphatic rings. The first kappa shape index (κ1) is 21.8. The minimum Gasteiger partial charge on any atom is -0.378 e. The van der Waals surface area contributed by atoms with Crippen molar-refractivity contribution in [2.45, 2.75) is 38.9 Å². The van der Waals surface area contributed by atoms with Crippen LogP contribution in [0.5, 0.6) is 0 Å². The summed E-state index contributed by atoms with van der Waals surface area (Å²) in [5.41, 5.74) is 3.39. The number of nitrogens with zero attached hydrogens (tertiary/aromatic N) is 5. The van der Waals surface area contributed by atoms with E-state index in [2.05, 4.69) is 48.0 Å². The third-order valence-electron chi connectivity index (χ3n) is 6.62.